The summed E-state index contributed by atoms with van der Waals surface area (Å²) < 4.78 is 6.82. The lowest BCUT2D eigenvalue weighted by Crippen LogP contribution is -2.36. The third kappa shape index (κ3) is 5.17. The number of rotatable bonds is 6. The molecule has 0 radical (unpaired) electrons. The number of nitrogens with one attached hydrogen (secondary N) is 2. The molecule has 4 rings (SSSR count). The zero-order chi connectivity index (χ0) is 23.4. The molecular formula is C24H26ClN5O3. The van der Waals surface area contributed by atoms with E-state index in [1.54, 1.807) is 43.0 Å². The average molecular weight is 468 g/mol. The van der Waals surface area contributed by atoms with Crippen LogP contribution in [0.4, 0.5) is 5.69 Å². The fourth-order valence-corrected chi connectivity index (χ4v) is 4.21. The second-order valence-electron chi connectivity index (χ2n) is 8.09. The predicted molar refractivity (Wildman–Crippen MR) is 126 cm³/mol. The maximum Gasteiger partial charge on any atom is 0.278 e. The fourth-order valence-electron chi connectivity index (χ4n) is 4.00. The number of carbonyl (C=O) groups is 2. The van der Waals surface area contributed by atoms with Crippen molar-refractivity contribution in [1.82, 2.24) is 20.3 Å². The highest BCUT2D eigenvalue weighted by Gasteiger charge is 2.21. The summed E-state index contributed by atoms with van der Waals surface area (Å²) in [5, 5.41) is 14.4. The summed E-state index contributed by atoms with van der Waals surface area (Å²) >= 11 is 6.27. The fraction of sp³-hybridized carbons (Fsp3) is 0.333. The summed E-state index contributed by atoms with van der Waals surface area (Å²) in [4.78, 5) is 25.7. The lowest BCUT2D eigenvalue weighted by Gasteiger charge is -2.23. The van der Waals surface area contributed by atoms with Crippen molar-refractivity contribution in [3.63, 3.8) is 0 Å². The first-order valence-electron chi connectivity index (χ1n) is 10.9. The molecule has 0 spiro atoms. The van der Waals surface area contributed by atoms with Crippen molar-refractivity contribution in [2.75, 3.05) is 12.4 Å². The van der Waals surface area contributed by atoms with E-state index in [1.165, 1.54) is 6.42 Å². The maximum absolute atomic E-state index is 12.9. The summed E-state index contributed by atoms with van der Waals surface area (Å²) in [5.74, 6) is 0.0133. The van der Waals surface area contributed by atoms with Gasteiger partial charge in [0.15, 0.2) is 5.69 Å². The summed E-state index contributed by atoms with van der Waals surface area (Å²) in [6.45, 7) is 1.76. The van der Waals surface area contributed by atoms with Gasteiger partial charge < -0.3 is 15.4 Å². The van der Waals surface area contributed by atoms with Crippen LogP contribution in [0.25, 0.3) is 5.69 Å². The normalized spacial score (nSPS) is 14.0. The predicted octanol–water partition coefficient (Wildman–Crippen LogP) is 4.55. The van der Waals surface area contributed by atoms with Gasteiger partial charge in [-0.1, -0.05) is 42.1 Å². The molecule has 1 aromatic heterocycles. The summed E-state index contributed by atoms with van der Waals surface area (Å²) in [6, 6.07) is 12.3. The third-order valence-corrected chi connectivity index (χ3v) is 6.15. The highest BCUT2D eigenvalue weighted by molar-refractivity contribution is 6.34. The van der Waals surface area contributed by atoms with Crippen molar-refractivity contribution in [3.8, 4) is 11.4 Å². The van der Waals surface area contributed by atoms with Crippen LogP contribution >= 0.6 is 11.6 Å². The molecule has 1 saturated carbocycles. The molecule has 172 valence electrons. The van der Waals surface area contributed by atoms with Crippen LogP contribution in [0.5, 0.6) is 5.75 Å². The van der Waals surface area contributed by atoms with E-state index in [2.05, 4.69) is 20.9 Å². The average Bonchev–Trinajstić information content (AvgIpc) is 3.22. The van der Waals surface area contributed by atoms with Crippen LogP contribution in [0.2, 0.25) is 5.02 Å². The van der Waals surface area contributed by atoms with E-state index >= 15 is 0 Å². The van der Waals surface area contributed by atoms with Crippen LogP contribution in [0, 0.1) is 6.92 Å². The van der Waals surface area contributed by atoms with Gasteiger partial charge in [-0.05, 0) is 50.1 Å². The van der Waals surface area contributed by atoms with Gasteiger partial charge in [-0.15, -0.1) is 5.10 Å². The van der Waals surface area contributed by atoms with E-state index in [-0.39, 0.29) is 17.6 Å². The summed E-state index contributed by atoms with van der Waals surface area (Å²) in [7, 11) is 1.59. The zero-order valence-electron chi connectivity index (χ0n) is 18.6. The van der Waals surface area contributed by atoms with Gasteiger partial charge in [-0.3, -0.25) is 9.59 Å². The SMILES string of the molecule is COc1cccc(-n2nnc(C(=O)Nc3ccc(Cl)c(C(=O)NC4CCCCC4)c3)c2C)c1. The minimum Gasteiger partial charge on any atom is -0.497 e. The van der Waals surface area contributed by atoms with Crippen LogP contribution in [0.3, 0.4) is 0 Å². The van der Waals surface area contributed by atoms with Crippen molar-refractivity contribution in [2.45, 2.75) is 45.1 Å². The summed E-state index contributed by atoms with van der Waals surface area (Å²) in [5.41, 5.74) is 2.27. The number of methoxy groups -OCH3 is 1. The molecule has 2 amide bonds. The Morgan fingerprint density at radius 2 is 1.88 bits per heavy atom. The van der Waals surface area contributed by atoms with E-state index in [4.69, 9.17) is 16.3 Å². The minimum absolute atomic E-state index is 0.162. The highest BCUT2D eigenvalue weighted by Crippen LogP contribution is 2.24. The second kappa shape index (κ2) is 10.0. The molecule has 3 aromatic rings. The van der Waals surface area contributed by atoms with Crippen molar-refractivity contribution in [1.29, 1.82) is 0 Å². The smallest absolute Gasteiger partial charge is 0.278 e. The van der Waals surface area contributed by atoms with Crippen molar-refractivity contribution in [2.24, 2.45) is 0 Å². The Bertz CT molecular complexity index is 1170. The molecule has 2 N–H and O–H groups in total. The van der Waals surface area contributed by atoms with Gasteiger partial charge in [-0.25, -0.2) is 4.68 Å². The topological polar surface area (TPSA) is 98.1 Å². The second-order valence-corrected chi connectivity index (χ2v) is 8.50. The molecule has 0 unspecified atom stereocenters. The molecule has 8 nitrogen and oxygen atoms in total. The Labute approximate surface area is 197 Å². The van der Waals surface area contributed by atoms with E-state index in [0.717, 1.165) is 31.4 Å². The number of benzene rings is 2. The Morgan fingerprint density at radius 3 is 2.64 bits per heavy atom. The first kappa shape index (κ1) is 22.8. The van der Waals surface area contributed by atoms with E-state index < -0.39 is 5.91 Å². The molecule has 0 saturated heterocycles. The number of nitrogens with zero attached hydrogens (tertiary/aromatic N) is 3. The molecule has 1 heterocycles. The molecule has 1 aliphatic rings. The Balaban J connectivity index is 1.50. The first-order valence-corrected chi connectivity index (χ1v) is 11.3. The molecule has 0 bridgehead atoms. The molecule has 0 aliphatic heterocycles. The van der Waals surface area contributed by atoms with Crippen LogP contribution in [-0.4, -0.2) is 40.0 Å². The van der Waals surface area contributed by atoms with Crippen LogP contribution in [-0.2, 0) is 0 Å². The number of aromatic nitrogens is 3. The van der Waals surface area contributed by atoms with Crippen LogP contribution in [0.1, 0.15) is 58.6 Å². The van der Waals surface area contributed by atoms with Gasteiger partial charge >= 0.3 is 0 Å². The highest BCUT2D eigenvalue weighted by atomic mass is 35.5. The summed E-state index contributed by atoms with van der Waals surface area (Å²) in [6.07, 6.45) is 5.38. The number of halogens is 1. The minimum atomic E-state index is -0.428. The Hall–Kier alpha value is -3.39. The number of amides is 2. The molecule has 1 fully saturated rings. The molecule has 0 atom stereocenters. The van der Waals surface area contributed by atoms with Gasteiger partial charge in [-0.2, -0.15) is 0 Å². The van der Waals surface area contributed by atoms with Gasteiger partial charge in [0.05, 0.1) is 29.1 Å². The molecule has 33 heavy (non-hydrogen) atoms. The number of hydrogen-bond acceptors (Lipinski definition) is 5. The van der Waals surface area contributed by atoms with Gasteiger partial charge in [0, 0.05) is 17.8 Å². The third-order valence-electron chi connectivity index (χ3n) is 5.82. The number of ether oxygens (including phenoxy) is 1. The van der Waals surface area contributed by atoms with Gasteiger partial charge in [0.25, 0.3) is 11.8 Å². The molecule has 2 aromatic carbocycles. The maximum atomic E-state index is 12.9. The molecule has 1 aliphatic carbocycles. The van der Waals surface area contributed by atoms with Crippen molar-refractivity contribution >= 4 is 29.1 Å². The van der Waals surface area contributed by atoms with Crippen molar-refractivity contribution in [3.05, 3.63) is 64.4 Å². The zero-order valence-corrected chi connectivity index (χ0v) is 19.4. The number of anilines is 1. The van der Waals surface area contributed by atoms with Gasteiger partial charge in [0.1, 0.15) is 5.75 Å². The van der Waals surface area contributed by atoms with Crippen molar-refractivity contribution < 1.29 is 14.3 Å². The van der Waals surface area contributed by atoms with E-state index in [0.29, 0.717) is 27.7 Å². The van der Waals surface area contributed by atoms with Gasteiger partial charge in [0.2, 0.25) is 0 Å². The number of carbonyl (C=O) groups excluding carboxylic acids is 2. The first-order chi connectivity index (χ1) is 16.0. The Morgan fingerprint density at radius 1 is 1.09 bits per heavy atom. The van der Waals surface area contributed by atoms with E-state index in [9.17, 15) is 9.59 Å². The monoisotopic (exact) mass is 467 g/mol. The quantitative estimate of drug-likeness (QED) is 0.554. The lowest BCUT2D eigenvalue weighted by atomic mass is 9.95. The standard InChI is InChI=1S/C24H26ClN5O3/c1-15-22(28-29-30(15)18-9-6-10-19(14-18)33-2)24(32)27-17-11-12-21(25)20(13-17)23(31)26-16-7-4-3-5-8-16/h6,9-14,16H,3-5,7-8H2,1-2H3,(H,26,31)(H,27,32). The number of hydrogen-bond donors (Lipinski definition) is 2. The molecular weight excluding hydrogens is 442 g/mol. The largest absolute Gasteiger partial charge is 0.497 e. The Kier molecular flexibility index (Phi) is 6.93. The van der Waals surface area contributed by atoms with Crippen LogP contribution < -0.4 is 15.4 Å². The van der Waals surface area contributed by atoms with Crippen LogP contribution in [0.15, 0.2) is 42.5 Å². The molecule has 9 heteroatoms. The van der Waals surface area contributed by atoms with E-state index in [1.807, 2.05) is 18.2 Å². The lowest BCUT2D eigenvalue weighted by molar-refractivity contribution is 0.0926.